The number of ketones is 1. The lowest BCUT2D eigenvalue weighted by Gasteiger charge is -2.23. The molecule has 5 nitrogen and oxygen atoms in total. The second kappa shape index (κ2) is 8.41. The fourth-order valence-electron chi connectivity index (χ4n) is 3.97. The van der Waals surface area contributed by atoms with Crippen molar-refractivity contribution in [1.82, 2.24) is 9.47 Å². The Morgan fingerprint density at radius 1 is 1.17 bits per heavy atom. The first-order valence-corrected chi connectivity index (χ1v) is 10.7. The van der Waals surface area contributed by atoms with E-state index < -0.39 is 12.1 Å². The number of amides is 1. The van der Waals surface area contributed by atoms with Gasteiger partial charge in [0.05, 0.1) is 6.04 Å². The minimum atomic E-state index is -0.479. The number of halogens is 1. The highest BCUT2D eigenvalue weighted by Gasteiger charge is 2.36. The topological polar surface area (TPSA) is 51.5 Å². The van der Waals surface area contributed by atoms with Crippen LogP contribution in [0.25, 0.3) is 10.9 Å². The van der Waals surface area contributed by atoms with Crippen LogP contribution < -0.4 is 0 Å². The van der Waals surface area contributed by atoms with E-state index in [4.69, 9.17) is 4.74 Å². The summed E-state index contributed by atoms with van der Waals surface area (Å²) in [4.78, 5) is 27.7. The van der Waals surface area contributed by atoms with Gasteiger partial charge in [-0.25, -0.2) is 4.79 Å². The second-order valence-electron chi connectivity index (χ2n) is 7.25. The number of carbonyl (C=O) groups excluding carboxylic acids is 2. The van der Waals surface area contributed by atoms with Crippen molar-refractivity contribution < 1.29 is 14.3 Å². The largest absolute Gasteiger partial charge is 0.445 e. The predicted molar refractivity (Wildman–Crippen MR) is 116 cm³/mol. The number of aryl methyl sites for hydroxylation is 1. The molecule has 0 spiro atoms. The maximum absolute atomic E-state index is 13.4. The Bertz CT molecular complexity index is 1040. The number of rotatable bonds is 5. The first-order chi connectivity index (χ1) is 14.1. The molecule has 0 radical (unpaired) electrons. The number of aromatic nitrogens is 1. The first kappa shape index (κ1) is 19.7. The molecule has 1 amide bonds. The van der Waals surface area contributed by atoms with Gasteiger partial charge in [0.25, 0.3) is 0 Å². The Labute approximate surface area is 178 Å². The molecule has 0 bridgehead atoms. The Kier molecular flexibility index (Phi) is 5.72. The first-order valence-electron chi connectivity index (χ1n) is 9.88. The number of benzene rings is 2. The molecule has 1 aliphatic rings. The van der Waals surface area contributed by atoms with E-state index in [2.05, 4.69) is 27.4 Å². The number of nitrogens with zero attached hydrogens (tertiary/aromatic N) is 2. The molecule has 29 heavy (non-hydrogen) atoms. The van der Waals surface area contributed by atoms with Gasteiger partial charge in [-0.05, 0) is 43.5 Å². The van der Waals surface area contributed by atoms with Crippen molar-refractivity contribution in [2.45, 2.75) is 39.0 Å². The highest BCUT2D eigenvalue weighted by atomic mass is 79.9. The summed E-state index contributed by atoms with van der Waals surface area (Å²) >= 11 is 3.50. The minimum Gasteiger partial charge on any atom is -0.445 e. The summed E-state index contributed by atoms with van der Waals surface area (Å²) in [6.07, 6.45) is 2.94. The maximum Gasteiger partial charge on any atom is 0.410 e. The number of ether oxygens (including phenoxy) is 1. The number of fused-ring (bicyclic) bond motifs is 1. The molecule has 1 aromatic heterocycles. The van der Waals surface area contributed by atoms with Crippen LogP contribution in [0.4, 0.5) is 4.79 Å². The molecular weight excluding hydrogens is 432 g/mol. The third kappa shape index (κ3) is 3.94. The van der Waals surface area contributed by atoms with E-state index in [-0.39, 0.29) is 12.4 Å². The van der Waals surface area contributed by atoms with E-state index in [1.165, 1.54) is 0 Å². The second-order valence-corrected chi connectivity index (χ2v) is 8.16. The Morgan fingerprint density at radius 3 is 2.72 bits per heavy atom. The molecule has 2 aromatic carbocycles. The van der Waals surface area contributed by atoms with Gasteiger partial charge in [0.2, 0.25) is 0 Å². The summed E-state index contributed by atoms with van der Waals surface area (Å²) < 4.78 is 8.48. The number of carbonyl (C=O) groups is 2. The quantitative estimate of drug-likeness (QED) is 0.484. The summed E-state index contributed by atoms with van der Waals surface area (Å²) in [7, 11) is 0. The average molecular weight is 455 g/mol. The normalized spacial score (nSPS) is 16.3. The molecule has 1 fully saturated rings. The van der Waals surface area contributed by atoms with Crippen LogP contribution in [0.3, 0.4) is 0 Å². The fraction of sp³-hybridized carbons (Fsp3) is 0.304. The molecular formula is C23H23BrN2O3. The lowest BCUT2D eigenvalue weighted by molar-refractivity contribution is 0.0739. The Hall–Kier alpha value is -2.60. The number of likely N-dealkylation sites (tertiary alicyclic amines) is 1. The van der Waals surface area contributed by atoms with Crippen LogP contribution in [0.1, 0.15) is 35.7 Å². The molecule has 1 aliphatic heterocycles. The summed E-state index contributed by atoms with van der Waals surface area (Å²) in [5.41, 5.74) is 2.62. The number of hydrogen-bond acceptors (Lipinski definition) is 3. The van der Waals surface area contributed by atoms with Gasteiger partial charge in [0, 0.05) is 40.2 Å². The number of hydrogen-bond donors (Lipinski definition) is 0. The molecule has 3 aromatic rings. The van der Waals surface area contributed by atoms with E-state index in [1.54, 1.807) is 4.90 Å². The average Bonchev–Trinajstić information content (AvgIpc) is 3.37. The molecule has 6 heteroatoms. The van der Waals surface area contributed by atoms with Crippen molar-refractivity contribution in [3.63, 3.8) is 0 Å². The van der Waals surface area contributed by atoms with Gasteiger partial charge in [-0.15, -0.1) is 0 Å². The van der Waals surface area contributed by atoms with E-state index in [9.17, 15) is 9.59 Å². The van der Waals surface area contributed by atoms with Gasteiger partial charge in [-0.1, -0.05) is 46.3 Å². The highest BCUT2D eigenvalue weighted by Crippen LogP contribution is 2.30. The predicted octanol–water partition coefficient (Wildman–Crippen LogP) is 5.41. The smallest absolute Gasteiger partial charge is 0.410 e. The van der Waals surface area contributed by atoms with Crippen molar-refractivity contribution in [3.05, 3.63) is 70.3 Å². The van der Waals surface area contributed by atoms with E-state index in [0.29, 0.717) is 18.5 Å². The van der Waals surface area contributed by atoms with Crippen LogP contribution in [0, 0.1) is 0 Å². The highest BCUT2D eigenvalue weighted by molar-refractivity contribution is 9.10. The number of Topliss-reactive ketones (excluding diaryl/α,β-unsaturated/α-hetero) is 1. The molecule has 0 N–H and O–H groups in total. The van der Waals surface area contributed by atoms with Crippen LogP contribution in [-0.2, 0) is 17.9 Å². The molecule has 1 atom stereocenters. The van der Waals surface area contributed by atoms with Crippen molar-refractivity contribution in [3.8, 4) is 0 Å². The van der Waals surface area contributed by atoms with E-state index in [1.807, 2.05) is 54.7 Å². The molecule has 0 saturated carbocycles. The van der Waals surface area contributed by atoms with Crippen LogP contribution in [0.5, 0.6) is 0 Å². The Balaban J connectivity index is 1.56. The molecule has 2 heterocycles. The molecule has 0 aliphatic carbocycles. The summed E-state index contributed by atoms with van der Waals surface area (Å²) in [5.74, 6) is -0.0190. The van der Waals surface area contributed by atoms with Crippen LogP contribution in [0.15, 0.2) is 59.2 Å². The van der Waals surface area contributed by atoms with E-state index >= 15 is 0 Å². The zero-order chi connectivity index (χ0) is 20.4. The standard InChI is InChI=1S/C23H23BrN2O3/c1-2-25-14-19(18-13-17(24)10-11-20(18)25)22(27)21-9-6-12-26(21)23(28)29-15-16-7-4-3-5-8-16/h3-5,7-8,10-11,13-14,21H,2,6,9,12,15H2,1H3. The van der Waals surface area contributed by atoms with E-state index in [0.717, 1.165) is 33.9 Å². The Morgan fingerprint density at radius 2 is 1.97 bits per heavy atom. The van der Waals surface area contributed by atoms with Crippen molar-refractivity contribution in [2.24, 2.45) is 0 Å². The summed E-state index contributed by atoms with van der Waals surface area (Å²) in [5, 5.41) is 0.913. The maximum atomic E-state index is 13.4. The van der Waals surface area contributed by atoms with Gasteiger partial charge in [0.1, 0.15) is 6.61 Å². The van der Waals surface area contributed by atoms with Gasteiger partial charge in [-0.3, -0.25) is 9.69 Å². The minimum absolute atomic E-state index is 0.0190. The molecule has 150 valence electrons. The summed E-state index contributed by atoms with van der Waals surface area (Å²) in [6.45, 7) is 3.58. The van der Waals surface area contributed by atoms with Gasteiger partial charge in [-0.2, -0.15) is 0 Å². The lowest BCUT2D eigenvalue weighted by Crippen LogP contribution is -2.40. The molecule has 4 rings (SSSR count). The third-order valence-electron chi connectivity index (χ3n) is 5.44. The fourth-order valence-corrected chi connectivity index (χ4v) is 4.33. The van der Waals surface area contributed by atoms with Crippen LogP contribution >= 0.6 is 15.9 Å². The van der Waals surface area contributed by atoms with Gasteiger partial charge in [0.15, 0.2) is 5.78 Å². The SMILES string of the molecule is CCn1cc(C(=O)C2CCCN2C(=O)OCc2ccccc2)c2cc(Br)ccc21. The van der Waals surface area contributed by atoms with Crippen molar-refractivity contribution in [1.29, 1.82) is 0 Å². The zero-order valence-corrected chi connectivity index (χ0v) is 17.9. The van der Waals surface area contributed by atoms with Crippen molar-refractivity contribution in [2.75, 3.05) is 6.54 Å². The molecule has 1 unspecified atom stereocenters. The van der Waals surface area contributed by atoms with Crippen LogP contribution in [-0.4, -0.2) is 33.9 Å². The monoisotopic (exact) mass is 454 g/mol. The summed E-state index contributed by atoms with van der Waals surface area (Å²) in [6, 6.07) is 15.1. The van der Waals surface area contributed by atoms with Gasteiger partial charge < -0.3 is 9.30 Å². The van der Waals surface area contributed by atoms with Crippen molar-refractivity contribution >= 4 is 38.7 Å². The molecule has 1 saturated heterocycles. The third-order valence-corrected chi connectivity index (χ3v) is 5.94. The van der Waals surface area contributed by atoms with Crippen LogP contribution in [0.2, 0.25) is 0 Å². The lowest BCUT2D eigenvalue weighted by atomic mass is 10.0. The zero-order valence-electron chi connectivity index (χ0n) is 16.3. The van der Waals surface area contributed by atoms with Gasteiger partial charge >= 0.3 is 6.09 Å².